The molecule has 0 heterocycles. The van der Waals surface area contributed by atoms with Gasteiger partial charge in [-0.15, -0.1) is 0 Å². The molecular formula is C15H15BrN2O3. The molecule has 6 heteroatoms. The Morgan fingerprint density at radius 3 is 2.71 bits per heavy atom. The molecule has 0 aliphatic carbocycles. The first-order valence-corrected chi connectivity index (χ1v) is 7.00. The molecule has 0 aliphatic heterocycles. The SMILES string of the molecule is COc1ccc(Br)cc1NC(=O)COc1ccccc1N. The number of ether oxygens (including phenoxy) is 2. The van der Waals surface area contributed by atoms with Crippen LogP contribution in [0, 0.1) is 0 Å². The second kappa shape index (κ2) is 6.99. The van der Waals surface area contributed by atoms with Crippen LogP contribution in [0.5, 0.6) is 11.5 Å². The third kappa shape index (κ3) is 4.13. The number of rotatable bonds is 5. The summed E-state index contributed by atoms with van der Waals surface area (Å²) in [4.78, 5) is 11.9. The van der Waals surface area contributed by atoms with E-state index in [2.05, 4.69) is 21.2 Å². The van der Waals surface area contributed by atoms with Gasteiger partial charge in [-0.3, -0.25) is 4.79 Å². The molecule has 2 aromatic carbocycles. The maximum absolute atomic E-state index is 11.9. The fraction of sp³-hybridized carbons (Fsp3) is 0.133. The summed E-state index contributed by atoms with van der Waals surface area (Å²) >= 11 is 3.35. The summed E-state index contributed by atoms with van der Waals surface area (Å²) in [5.74, 6) is 0.759. The predicted molar refractivity (Wildman–Crippen MR) is 85.7 cm³/mol. The van der Waals surface area contributed by atoms with Gasteiger partial charge in [-0.05, 0) is 30.3 Å². The highest BCUT2D eigenvalue weighted by Gasteiger charge is 2.09. The molecule has 0 saturated heterocycles. The van der Waals surface area contributed by atoms with Gasteiger partial charge in [0.2, 0.25) is 0 Å². The minimum Gasteiger partial charge on any atom is -0.495 e. The van der Waals surface area contributed by atoms with Crippen LogP contribution in [0.1, 0.15) is 0 Å². The molecule has 0 bridgehead atoms. The number of para-hydroxylation sites is 2. The largest absolute Gasteiger partial charge is 0.495 e. The summed E-state index contributed by atoms with van der Waals surface area (Å²) in [6.45, 7) is -0.135. The van der Waals surface area contributed by atoms with Crippen molar-refractivity contribution >= 4 is 33.2 Å². The molecule has 0 radical (unpaired) electrons. The van der Waals surface area contributed by atoms with Crippen molar-refractivity contribution in [1.29, 1.82) is 0 Å². The molecule has 0 aliphatic rings. The summed E-state index contributed by atoms with van der Waals surface area (Å²) in [7, 11) is 1.54. The fourth-order valence-electron chi connectivity index (χ4n) is 1.72. The Morgan fingerprint density at radius 1 is 1.24 bits per heavy atom. The lowest BCUT2D eigenvalue weighted by Crippen LogP contribution is -2.20. The van der Waals surface area contributed by atoms with Crippen LogP contribution in [0.15, 0.2) is 46.9 Å². The number of nitrogens with two attached hydrogens (primary N) is 1. The van der Waals surface area contributed by atoms with E-state index < -0.39 is 0 Å². The number of amides is 1. The lowest BCUT2D eigenvalue weighted by Gasteiger charge is -2.12. The zero-order chi connectivity index (χ0) is 15.2. The topological polar surface area (TPSA) is 73.6 Å². The number of nitrogens with one attached hydrogen (secondary N) is 1. The molecule has 2 rings (SSSR count). The number of carbonyl (C=O) groups excluding carboxylic acids is 1. The third-order valence-electron chi connectivity index (χ3n) is 2.71. The van der Waals surface area contributed by atoms with Gasteiger partial charge in [0.15, 0.2) is 6.61 Å². The van der Waals surface area contributed by atoms with E-state index in [-0.39, 0.29) is 12.5 Å². The van der Waals surface area contributed by atoms with Crippen LogP contribution in [-0.2, 0) is 4.79 Å². The van der Waals surface area contributed by atoms with Crippen molar-refractivity contribution in [2.45, 2.75) is 0 Å². The molecule has 3 N–H and O–H groups in total. The number of anilines is 2. The third-order valence-corrected chi connectivity index (χ3v) is 3.21. The first-order chi connectivity index (χ1) is 10.1. The highest BCUT2D eigenvalue weighted by atomic mass is 79.9. The monoisotopic (exact) mass is 350 g/mol. The van der Waals surface area contributed by atoms with E-state index in [1.807, 2.05) is 6.07 Å². The maximum Gasteiger partial charge on any atom is 0.262 e. The number of hydrogen-bond acceptors (Lipinski definition) is 4. The molecule has 0 atom stereocenters. The zero-order valence-electron chi connectivity index (χ0n) is 11.4. The lowest BCUT2D eigenvalue weighted by atomic mass is 10.3. The van der Waals surface area contributed by atoms with Crippen LogP contribution >= 0.6 is 15.9 Å². The van der Waals surface area contributed by atoms with Crippen LogP contribution in [0.3, 0.4) is 0 Å². The molecule has 0 unspecified atom stereocenters. The van der Waals surface area contributed by atoms with Crippen molar-refractivity contribution < 1.29 is 14.3 Å². The summed E-state index contributed by atoms with van der Waals surface area (Å²) in [6, 6.07) is 12.4. The number of methoxy groups -OCH3 is 1. The summed E-state index contributed by atoms with van der Waals surface area (Å²) in [5, 5.41) is 2.73. The second-order valence-corrected chi connectivity index (χ2v) is 5.13. The van der Waals surface area contributed by atoms with E-state index in [1.54, 1.807) is 43.5 Å². The Labute approximate surface area is 131 Å². The van der Waals surface area contributed by atoms with Gasteiger partial charge in [0.1, 0.15) is 11.5 Å². The van der Waals surface area contributed by atoms with Crippen molar-refractivity contribution in [2.75, 3.05) is 24.8 Å². The van der Waals surface area contributed by atoms with Crippen LogP contribution in [0.4, 0.5) is 11.4 Å². The van der Waals surface area contributed by atoms with Crippen molar-refractivity contribution in [3.8, 4) is 11.5 Å². The van der Waals surface area contributed by atoms with Gasteiger partial charge < -0.3 is 20.5 Å². The normalized spacial score (nSPS) is 10.0. The molecule has 0 aromatic heterocycles. The van der Waals surface area contributed by atoms with Gasteiger partial charge in [-0.1, -0.05) is 28.1 Å². The molecule has 2 aromatic rings. The Bertz CT molecular complexity index is 647. The number of hydrogen-bond donors (Lipinski definition) is 2. The fourth-order valence-corrected chi connectivity index (χ4v) is 2.08. The van der Waals surface area contributed by atoms with Gasteiger partial charge in [-0.25, -0.2) is 0 Å². The second-order valence-electron chi connectivity index (χ2n) is 4.22. The smallest absolute Gasteiger partial charge is 0.262 e. The van der Waals surface area contributed by atoms with E-state index in [9.17, 15) is 4.79 Å². The van der Waals surface area contributed by atoms with Crippen LogP contribution in [0.25, 0.3) is 0 Å². The molecule has 0 fully saturated rings. The predicted octanol–water partition coefficient (Wildman–Crippen LogP) is 3.06. The van der Waals surface area contributed by atoms with E-state index in [0.29, 0.717) is 22.9 Å². The van der Waals surface area contributed by atoms with Crippen molar-refractivity contribution in [3.05, 3.63) is 46.9 Å². The van der Waals surface area contributed by atoms with Gasteiger partial charge in [0, 0.05) is 4.47 Å². The Morgan fingerprint density at radius 2 is 2.00 bits per heavy atom. The Kier molecular flexibility index (Phi) is 5.05. The minimum absolute atomic E-state index is 0.135. The van der Waals surface area contributed by atoms with Crippen molar-refractivity contribution in [2.24, 2.45) is 0 Å². The average Bonchev–Trinajstić information content (AvgIpc) is 2.47. The van der Waals surface area contributed by atoms with E-state index >= 15 is 0 Å². The standard InChI is InChI=1S/C15H15BrN2O3/c1-20-14-7-6-10(16)8-12(14)18-15(19)9-21-13-5-3-2-4-11(13)17/h2-8H,9,17H2,1H3,(H,18,19). The molecule has 1 amide bonds. The first kappa shape index (κ1) is 15.2. The summed E-state index contributed by atoms with van der Waals surface area (Å²) in [6.07, 6.45) is 0. The Hall–Kier alpha value is -2.21. The highest BCUT2D eigenvalue weighted by Crippen LogP contribution is 2.28. The molecule has 5 nitrogen and oxygen atoms in total. The van der Waals surface area contributed by atoms with Crippen molar-refractivity contribution in [3.63, 3.8) is 0 Å². The van der Waals surface area contributed by atoms with Gasteiger partial charge in [-0.2, -0.15) is 0 Å². The van der Waals surface area contributed by atoms with Gasteiger partial charge in [0.05, 0.1) is 18.5 Å². The molecule has 0 spiro atoms. The molecule has 110 valence electrons. The first-order valence-electron chi connectivity index (χ1n) is 6.21. The van der Waals surface area contributed by atoms with E-state index in [1.165, 1.54) is 0 Å². The van der Waals surface area contributed by atoms with Crippen LogP contribution in [0.2, 0.25) is 0 Å². The lowest BCUT2D eigenvalue weighted by molar-refractivity contribution is -0.118. The molecular weight excluding hydrogens is 336 g/mol. The summed E-state index contributed by atoms with van der Waals surface area (Å²) in [5.41, 5.74) is 6.80. The number of nitrogen functional groups attached to an aromatic ring is 1. The Balaban J connectivity index is 1.99. The number of carbonyl (C=O) groups is 1. The quantitative estimate of drug-likeness (QED) is 0.812. The molecule has 21 heavy (non-hydrogen) atoms. The maximum atomic E-state index is 11.9. The minimum atomic E-state index is -0.297. The number of benzene rings is 2. The summed E-state index contributed by atoms with van der Waals surface area (Å²) < 4.78 is 11.4. The van der Waals surface area contributed by atoms with E-state index in [4.69, 9.17) is 15.2 Å². The van der Waals surface area contributed by atoms with Crippen molar-refractivity contribution in [1.82, 2.24) is 0 Å². The molecule has 0 saturated carbocycles. The van der Waals surface area contributed by atoms with E-state index in [0.717, 1.165) is 4.47 Å². The van der Waals surface area contributed by atoms with Gasteiger partial charge in [0.25, 0.3) is 5.91 Å². The highest BCUT2D eigenvalue weighted by molar-refractivity contribution is 9.10. The van der Waals surface area contributed by atoms with Crippen LogP contribution < -0.4 is 20.5 Å². The number of halogens is 1. The van der Waals surface area contributed by atoms with Crippen LogP contribution in [-0.4, -0.2) is 19.6 Å². The van der Waals surface area contributed by atoms with Gasteiger partial charge >= 0.3 is 0 Å². The average molecular weight is 351 g/mol. The zero-order valence-corrected chi connectivity index (χ0v) is 13.0.